The van der Waals surface area contributed by atoms with Gasteiger partial charge in [0.15, 0.2) is 0 Å². The smallest absolute Gasteiger partial charge is 0.472 e. The highest BCUT2D eigenvalue weighted by molar-refractivity contribution is 7.47. The van der Waals surface area contributed by atoms with Crippen molar-refractivity contribution < 1.29 is 162 Å². The second-order valence-electron chi connectivity index (χ2n) is 12.5. The fourth-order valence-corrected chi connectivity index (χ4v) is 4.83. The number of aliphatic carboxylic acids is 1. The van der Waals surface area contributed by atoms with Gasteiger partial charge in [-0.1, -0.05) is 0 Å². The van der Waals surface area contributed by atoms with Crippen LogP contribution in [0.1, 0.15) is 38.5 Å². The molecule has 0 aliphatic rings. The Bertz CT molecular complexity index is 1570. The minimum atomic E-state index is -8.26. The van der Waals surface area contributed by atoms with Gasteiger partial charge in [0, 0.05) is 25.7 Å². The van der Waals surface area contributed by atoms with Crippen molar-refractivity contribution in [2.75, 3.05) is 19.8 Å². The highest BCUT2D eigenvalue weighted by Gasteiger charge is 2.92. The topological polar surface area (TPSA) is 172 Å². The lowest BCUT2D eigenvalue weighted by atomic mass is 9.91. The predicted octanol–water partition coefficient (Wildman–Crippen LogP) is 8.81. The molecule has 38 heteroatoms. The molecule has 0 saturated heterocycles. The van der Waals surface area contributed by atoms with Gasteiger partial charge in [-0.05, 0) is 12.8 Å². The third kappa shape index (κ3) is 12.4. The standard InChI is InChI=1S/C26H24F26NO10P/c27-15(28,17(31,32)19(35,36)21(39,40)23(43,44)25(47,48)49)5-1-3-12(54)60-7-10(63-64(58,59)62-9-11(53)14(56)57)8-61-13(55)4-2-6-16(29,30)18(33,34)20(37,38)22(41,42)24(45,46)26(50,51)52/h10-11H,1-9,53H2,(H,56,57)(H,58,59). The summed E-state index contributed by atoms with van der Waals surface area (Å²) in [5.41, 5.74) is 4.96. The molecule has 380 valence electrons. The third-order valence-electron chi connectivity index (χ3n) is 7.62. The Labute approximate surface area is 336 Å². The Morgan fingerprint density at radius 3 is 1.03 bits per heavy atom. The van der Waals surface area contributed by atoms with Crippen molar-refractivity contribution in [2.45, 2.75) is 122 Å². The molecule has 2 atom stereocenters. The molecule has 0 aliphatic carbocycles. The molecule has 0 aliphatic heterocycles. The summed E-state index contributed by atoms with van der Waals surface area (Å²) < 4.78 is 373. The van der Waals surface area contributed by atoms with Crippen molar-refractivity contribution >= 4 is 25.7 Å². The van der Waals surface area contributed by atoms with Gasteiger partial charge >= 0.3 is 97.3 Å². The van der Waals surface area contributed by atoms with Gasteiger partial charge in [0.1, 0.15) is 25.4 Å². The number of esters is 2. The monoisotopic (exact) mass is 1040 g/mol. The van der Waals surface area contributed by atoms with Crippen LogP contribution in [-0.4, -0.2) is 131 Å². The Kier molecular flexibility index (Phi) is 18.5. The molecule has 4 N–H and O–H groups in total. The zero-order chi connectivity index (χ0) is 51.6. The molecule has 2 unspecified atom stereocenters. The minimum absolute atomic E-state index is 1.47. The van der Waals surface area contributed by atoms with Crippen LogP contribution in [0, 0.1) is 0 Å². The molecule has 0 spiro atoms. The quantitative estimate of drug-likeness (QED) is 0.0430. The number of carbonyl (C=O) groups is 3. The molecule has 11 nitrogen and oxygen atoms in total. The van der Waals surface area contributed by atoms with E-state index in [0.29, 0.717) is 0 Å². The van der Waals surface area contributed by atoms with Crippen LogP contribution < -0.4 is 5.73 Å². The highest BCUT2D eigenvalue weighted by Crippen LogP contribution is 2.62. The van der Waals surface area contributed by atoms with Crippen molar-refractivity contribution in [2.24, 2.45) is 5.73 Å². The van der Waals surface area contributed by atoms with Crippen LogP contribution in [0.4, 0.5) is 114 Å². The normalized spacial score (nSPS) is 16.4. The van der Waals surface area contributed by atoms with Crippen LogP contribution in [0.25, 0.3) is 0 Å². The largest absolute Gasteiger partial charge is 0.480 e. The molecule has 0 fully saturated rings. The first-order valence-electron chi connectivity index (χ1n) is 15.8. The number of alkyl halides is 26. The lowest BCUT2D eigenvalue weighted by molar-refractivity contribution is -0.440. The number of phosphoric ester groups is 1. The summed E-state index contributed by atoms with van der Waals surface area (Å²) >= 11 is 0. The second kappa shape index (κ2) is 19.5. The van der Waals surface area contributed by atoms with Gasteiger partial charge in [0.25, 0.3) is 0 Å². The van der Waals surface area contributed by atoms with Gasteiger partial charge in [-0.15, -0.1) is 0 Å². The average Bonchev–Trinajstić information content (AvgIpc) is 3.09. The molecule has 0 amide bonds. The van der Waals surface area contributed by atoms with E-state index in [4.69, 9.17) is 10.8 Å². The summed E-state index contributed by atoms with van der Waals surface area (Å²) in [5.74, 6) is -84.0. The van der Waals surface area contributed by atoms with Gasteiger partial charge < -0.3 is 25.2 Å². The Morgan fingerprint density at radius 2 is 0.766 bits per heavy atom. The first-order chi connectivity index (χ1) is 27.9. The van der Waals surface area contributed by atoms with E-state index in [1.54, 1.807) is 0 Å². The molecule has 0 heterocycles. The number of carboxylic acids is 1. The number of phosphoric acid groups is 1. The fourth-order valence-electron chi connectivity index (χ4n) is 3.92. The summed E-state index contributed by atoms with van der Waals surface area (Å²) in [5, 5.41) is 8.66. The molecule has 0 aromatic carbocycles. The van der Waals surface area contributed by atoms with Crippen LogP contribution in [0.2, 0.25) is 0 Å². The van der Waals surface area contributed by atoms with E-state index in [2.05, 4.69) is 18.5 Å². The van der Waals surface area contributed by atoms with Crippen molar-refractivity contribution in [1.29, 1.82) is 0 Å². The van der Waals surface area contributed by atoms with Crippen LogP contribution in [0.15, 0.2) is 0 Å². The van der Waals surface area contributed by atoms with E-state index < -0.39 is 168 Å². The van der Waals surface area contributed by atoms with Crippen molar-refractivity contribution in [3.8, 4) is 0 Å². The first kappa shape index (κ1) is 60.7. The average molecular weight is 1040 g/mol. The summed E-state index contributed by atoms with van der Waals surface area (Å²) in [6.45, 7) is -4.99. The molecule has 0 aromatic heterocycles. The van der Waals surface area contributed by atoms with E-state index in [1.807, 2.05) is 0 Å². The van der Waals surface area contributed by atoms with E-state index in [0.717, 1.165) is 0 Å². The van der Waals surface area contributed by atoms with Gasteiger partial charge in [-0.25, -0.2) is 4.57 Å². The van der Waals surface area contributed by atoms with Crippen molar-refractivity contribution in [3.63, 3.8) is 0 Å². The Balaban J connectivity index is 5.98. The summed E-state index contributed by atoms with van der Waals surface area (Å²) in [7, 11) is -5.79. The molecular weight excluding hydrogens is 1010 g/mol. The van der Waals surface area contributed by atoms with Crippen molar-refractivity contribution in [1.82, 2.24) is 0 Å². The van der Waals surface area contributed by atoms with Gasteiger partial charge in [-0.2, -0.15) is 114 Å². The zero-order valence-corrected chi connectivity index (χ0v) is 30.9. The summed E-state index contributed by atoms with van der Waals surface area (Å²) in [4.78, 5) is 44.4. The lowest BCUT2D eigenvalue weighted by Gasteiger charge is -2.39. The van der Waals surface area contributed by atoms with Gasteiger partial charge in [0.2, 0.25) is 0 Å². The zero-order valence-electron chi connectivity index (χ0n) is 30.0. The maximum absolute atomic E-state index is 14.0. The number of ether oxygens (including phenoxy) is 2. The Hall–Kier alpha value is -3.34. The maximum Gasteiger partial charge on any atom is 0.472 e. The molecule has 64 heavy (non-hydrogen) atoms. The van der Waals surface area contributed by atoms with E-state index in [1.165, 1.54) is 0 Å². The second-order valence-corrected chi connectivity index (χ2v) is 13.9. The van der Waals surface area contributed by atoms with E-state index in [9.17, 15) is 138 Å². The number of carbonyl (C=O) groups excluding carboxylic acids is 2. The SMILES string of the molecule is NC(COP(=O)(O)OC(COC(=O)CCCC(F)(F)C(F)(F)C(F)(F)C(F)(F)C(F)(F)C(F)(F)F)COC(=O)CCCC(F)(F)C(F)(F)C(F)(F)C(F)(F)C(F)(F)C(F)(F)F)C(=O)O. The molecule has 0 saturated carbocycles. The van der Waals surface area contributed by atoms with E-state index in [-0.39, 0.29) is 0 Å². The third-order valence-corrected chi connectivity index (χ3v) is 8.66. The number of halogens is 26. The molecule has 0 rings (SSSR count). The number of nitrogens with two attached hydrogens (primary N) is 1. The van der Waals surface area contributed by atoms with Crippen LogP contribution in [-0.2, 0) is 37.5 Å². The summed E-state index contributed by atoms with van der Waals surface area (Å²) in [6.07, 6.45) is -31.5. The van der Waals surface area contributed by atoms with E-state index >= 15 is 0 Å². The first-order valence-corrected chi connectivity index (χ1v) is 17.3. The fraction of sp³-hybridized carbons (Fsp3) is 0.885. The number of hydrogen-bond acceptors (Lipinski definition) is 9. The number of carboxylic acid groups (broad SMARTS) is 1. The molecular formula is C26H24F26NO10P. The Morgan fingerprint density at radius 1 is 0.484 bits per heavy atom. The van der Waals surface area contributed by atoms with Crippen molar-refractivity contribution in [3.05, 3.63) is 0 Å². The molecule has 0 aromatic rings. The van der Waals surface area contributed by atoms with Crippen LogP contribution >= 0.6 is 7.82 Å². The van der Waals surface area contributed by atoms with Crippen LogP contribution in [0.5, 0.6) is 0 Å². The summed E-state index contributed by atoms with van der Waals surface area (Å²) in [6, 6.07) is -2.16. The number of rotatable bonds is 26. The highest BCUT2D eigenvalue weighted by atomic mass is 31.2. The molecule has 0 radical (unpaired) electrons. The lowest BCUT2D eigenvalue weighted by Crippen LogP contribution is -2.70. The van der Waals surface area contributed by atoms with Crippen LogP contribution in [0.3, 0.4) is 0 Å². The minimum Gasteiger partial charge on any atom is -0.480 e. The van der Waals surface area contributed by atoms with Gasteiger partial charge in [-0.3, -0.25) is 23.4 Å². The predicted molar refractivity (Wildman–Crippen MR) is 147 cm³/mol. The molecule has 0 bridgehead atoms. The van der Waals surface area contributed by atoms with Gasteiger partial charge in [0.05, 0.1) is 6.61 Å². The maximum atomic E-state index is 14.0. The number of hydrogen-bond donors (Lipinski definition) is 3.